The maximum absolute atomic E-state index is 12.7. The van der Waals surface area contributed by atoms with Crippen molar-refractivity contribution in [1.29, 1.82) is 0 Å². The number of aryl methyl sites for hydroxylation is 1. The van der Waals surface area contributed by atoms with Crippen LogP contribution >= 0.6 is 0 Å². The highest BCUT2D eigenvalue weighted by molar-refractivity contribution is 5.94. The Balaban J connectivity index is 1.88. The Morgan fingerprint density at radius 1 is 1.38 bits per heavy atom. The molecule has 1 aliphatic rings. The quantitative estimate of drug-likeness (QED) is 0.856. The molecule has 21 heavy (non-hydrogen) atoms. The summed E-state index contributed by atoms with van der Waals surface area (Å²) in [5.41, 5.74) is 7.50. The molecule has 2 aromatic heterocycles. The fourth-order valence-corrected chi connectivity index (χ4v) is 2.86. The number of hydrogen-bond donors (Lipinski definition) is 1. The minimum atomic E-state index is -0.0511. The second kappa shape index (κ2) is 4.80. The molecule has 6 heteroatoms. The first-order valence-electron chi connectivity index (χ1n) is 7.25. The van der Waals surface area contributed by atoms with Crippen molar-refractivity contribution in [1.82, 2.24) is 19.5 Å². The van der Waals surface area contributed by atoms with E-state index in [1.54, 1.807) is 0 Å². The van der Waals surface area contributed by atoms with Gasteiger partial charge in [0.25, 0.3) is 5.91 Å². The van der Waals surface area contributed by atoms with Gasteiger partial charge in [-0.15, -0.1) is 10.2 Å². The van der Waals surface area contributed by atoms with E-state index >= 15 is 0 Å². The van der Waals surface area contributed by atoms with Crippen LogP contribution in [0.15, 0.2) is 18.3 Å². The third-order valence-electron chi connectivity index (χ3n) is 4.42. The zero-order chi connectivity index (χ0) is 15.2. The minimum Gasteiger partial charge on any atom is -0.338 e. The van der Waals surface area contributed by atoms with E-state index in [2.05, 4.69) is 24.0 Å². The van der Waals surface area contributed by atoms with Gasteiger partial charge in [-0.25, -0.2) is 0 Å². The van der Waals surface area contributed by atoms with Gasteiger partial charge in [-0.2, -0.15) is 0 Å². The predicted molar refractivity (Wildman–Crippen MR) is 80.0 cm³/mol. The van der Waals surface area contributed by atoms with Crippen LogP contribution in [0.3, 0.4) is 0 Å². The van der Waals surface area contributed by atoms with Crippen molar-refractivity contribution in [2.24, 2.45) is 11.1 Å². The number of aromatic nitrogens is 3. The Kier molecular flexibility index (Phi) is 3.20. The molecule has 112 valence electrons. The van der Waals surface area contributed by atoms with E-state index in [1.165, 1.54) is 0 Å². The lowest BCUT2D eigenvalue weighted by molar-refractivity contribution is 0.0532. The van der Waals surface area contributed by atoms with E-state index in [0.29, 0.717) is 18.7 Å². The molecule has 2 N–H and O–H groups in total. The normalized spacial score (nSPS) is 21.7. The van der Waals surface area contributed by atoms with Crippen LogP contribution in [0.5, 0.6) is 0 Å². The average molecular weight is 287 g/mol. The van der Waals surface area contributed by atoms with Crippen molar-refractivity contribution in [2.45, 2.75) is 33.2 Å². The zero-order valence-corrected chi connectivity index (χ0v) is 12.7. The first-order valence-corrected chi connectivity index (χ1v) is 7.25. The lowest BCUT2D eigenvalue weighted by Gasteiger charge is -2.42. The van der Waals surface area contributed by atoms with Crippen LogP contribution in [0.25, 0.3) is 5.65 Å². The van der Waals surface area contributed by atoms with E-state index in [1.807, 2.05) is 34.6 Å². The van der Waals surface area contributed by atoms with Gasteiger partial charge in [0.2, 0.25) is 0 Å². The summed E-state index contributed by atoms with van der Waals surface area (Å²) >= 11 is 0. The number of rotatable bonds is 1. The van der Waals surface area contributed by atoms with Gasteiger partial charge >= 0.3 is 0 Å². The molecule has 0 bridgehead atoms. The molecule has 3 heterocycles. The monoisotopic (exact) mass is 287 g/mol. The molecule has 3 rings (SSSR count). The van der Waals surface area contributed by atoms with Gasteiger partial charge in [0.1, 0.15) is 5.82 Å². The molecular weight excluding hydrogens is 266 g/mol. The smallest absolute Gasteiger partial charge is 0.255 e. The Morgan fingerprint density at radius 2 is 2.14 bits per heavy atom. The van der Waals surface area contributed by atoms with Gasteiger partial charge in [0.05, 0.1) is 5.56 Å². The molecule has 0 saturated carbocycles. The maximum Gasteiger partial charge on any atom is 0.255 e. The van der Waals surface area contributed by atoms with E-state index in [-0.39, 0.29) is 17.4 Å². The molecule has 2 aromatic rings. The average Bonchev–Trinajstić information content (AvgIpc) is 2.82. The third kappa shape index (κ3) is 2.40. The predicted octanol–water partition coefficient (Wildman–Crippen LogP) is 1.24. The minimum absolute atomic E-state index is 0.0463. The summed E-state index contributed by atoms with van der Waals surface area (Å²) in [7, 11) is 0. The van der Waals surface area contributed by atoms with Gasteiger partial charge in [0.15, 0.2) is 5.65 Å². The van der Waals surface area contributed by atoms with Crippen LogP contribution in [0.4, 0.5) is 0 Å². The summed E-state index contributed by atoms with van der Waals surface area (Å²) in [4.78, 5) is 14.6. The summed E-state index contributed by atoms with van der Waals surface area (Å²) in [6.45, 7) is 7.50. The van der Waals surface area contributed by atoms with Gasteiger partial charge in [-0.3, -0.25) is 9.20 Å². The number of amides is 1. The maximum atomic E-state index is 12.7. The van der Waals surface area contributed by atoms with Crippen LogP contribution in [0.2, 0.25) is 0 Å². The number of carbonyl (C=O) groups excluding carboxylic acids is 1. The number of fused-ring (bicyclic) bond motifs is 1. The largest absolute Gasteiger partial charge is 0.338 e. The van der Waals surface area contributed by atoms with E-state index in [0.717, 1.165) is 17.9 Å². The first-order chi connectivity index (χ1) is 9.88. The van der Waals surface area contributed by atoms with Crippen molar-refractivity contribution >= 4 is 11.6 Å². The van der Waals surface area contributed by atoms with Gasteiger partial charge in [-0.05, 0) is 30.9 Å². The second-order valence-corrected chi connectivity index (χ2v) is 6.50. The van der Waals surface area contributed by atoms with Gasteiger partial charge < -0.3 is 10.6 Å². The van der Waals surface area contributed by atoms with Crippen molar-refractivity contribution in [3.05, 3.63) is 29.7 Å². The number of piperidine rings is 1. The molecule has 0 aromatic carbocycles. The van der Waals surface area contributed by atoms with Crippen LogP contribution < -0.4 is 5.73 Å². The standard InChI is InChI=1S/C15H21N5O/c1-10-17-18-13-5-4-11(8-20(10)13)14(21)19-7-6-12(16)15(2,3)9-19/h4-5,8,12H,6-7,9,16H2,1-3H3. The number of likely N-dealkylation sites (tertiary alicyclic amines) is 1. The summed E-state index contributed by atoms with van der Waals surface area (Å²) in [5.74, 6) is 0.825. The fraction of sp³-hybridized carbons (Fsp3) is 0.533. The lowest BCUT2D eigenvalue weighted by atomic mass is 9.79. The van der Waals surface area contributed by atoms with Crippen molar-refractivity contribution in [3.63, 3.8) is 0 Å². The zero-order valence-electron chi connectivity index (χ0n) is 12.7. The molecule has 1 unspecified atom stereocenters. The second-order valence-electron chi connectivity index (χ2n) is 6.50. The van der Waals surface area contributed by atoms with E-state index in [4.69, 9.17) is 5.73 Å². The number of hydrogen-bond acceptors (Lipinski definition) is 4. The number of nitrogens with zero attached hydrogens (tertiary/aromatic N) is 4. The Bertz CT molecular complexity index is 690. The van der Waals surface area contributed by atoms with E-state index < -0.39 is 0 Å². The summed E-state index contributed by atoms with van der Waals surface area (Å²) < 4.78 is 1.84. The topological polar surface area (TPSA) is 76.5 Å². The number of nitrogens with two attached hydrogens (primary N) is 1. The van der Waals surface area contributed by atoms with Gasteiger partial charge in [-0.1, -0.05) is 13.8 Å². The molecule has 1 amide bonds. The Morgan fingerprint density at radius 3 is 2.86 bits per heavy atom. The highest BCUT2D eigenvalue weighted by Crippen LogP contribution is 2.28. The van der Waals surface area contributed by atoms with Crippen LogP contribution in [0, 0.1) is 12.3 Å². The van der Waals surface area contributed by atoms with Crippen LogP contribution in [0.1, 0.15) is 36.5 Å². The molecule has 6 nitrogen and oxygen atoms in total. The summed E-state index contributed by atoms with van der Waals surface area (Å²) in [6, 6.07) is 3.78. The summed E-state index contributed by atoms with van der Waals surface area (Å²) in [5, 5.41) is 8.05. The lowest BCUT2D eigenvalue weighted by Crippen LogP contribution is -2.54. The van der Waals surface area contributed by atoms with Crippen LogP contribution in [-0.2, 0) is 0 Å². The van der Waals surface area contributed by atoms with Crippen molar-refractivity contribution < 1.29 is 4.79 Å². The number of carbonyl (C=O) groups is 1. The molecule has 1 aliphatic heterocycles. The molecule has 0 radical (unpaired) electrons. The fourth-order valence-electron chi connectivity index (χ4n) is 2.86. The highest BCUT2D eigenvalue weighted by Gasteiger charge is 2.35. The van der Waals surface area contributed by atoms with Crippen molar-refractivity contribution in [3.8, 4) is 0 Å². The molecule has 0 aliphatic carbocycles. The van der Waals surface area contributed by atoms with Crippen molar-refractivity contribution in [2.75, 3.05) is 13.1 Å². The van der Waals surface area contributed by atoms with E-state index in [9.17, 15) is 4.79 Å². The molecule has 1 saturated heterocycles. The summed E-state index contributed by atoms with van der Waals surface area (Å²) in [6.07, 6.45) is 2.65. The van der Waals surface area contributed by atoms with Crippen LogP contribution in [-0.4, -0.2) is 44.5 Å². The third-order valence-corrected chi connectivity index (χ3v) is 4.42. The SMILES string of the molecule is Cc1nnc2ccc(C(=O)N3CCC(N)C(C)(C)C3)cn12. The number of pyridine rings is 1. The molecule has 0 spiro atoms. The molecular formula is C15H21N5O. The Labute approximate surface area is 123 Å². The molecule has 1 fully saturated rings. The van der Waals surface area contributed by atoms with Gasteiger partial charge in [0, 0.05) is 25.3 Å². The molecule has 1 atom stereocenters. The highest BCUT2D eigenvalue weighted by atomic mass is 16.2. The Hall–Kier alpha value is -1.95. The first kappa shape index (κ1) is 14.0.